The van der Waals surface area contributed by atoms with E-state index in [9.17, 15) is 4.79 Å². The van der Waals surface area contributed by atoms with Gasteiger partial charge in [0.25, 0.3) is 0 Å². The van der Waals surface area contributed by atoms with Crippen molar-refractivity contribution >= 4 is 46.6 Å². The molecule has 32 heavy (non-hydrogen) atoms. The number of halogens is 2. The Morgan fingerprint density at radius 1 is 0.875 bits per heavy atom. The fourth-order valence-corrected chi connectivity index (χ4v) is 3.21. The van der Waals surface area contributed by atoms with E-state index < -0.39 is 0 Å². The van der Waals surface area contributed by atoms with Gasteiger partial charge in [0.15, 0.2) is 29.3 Å². The van der Waals surface area contributed by atoms with E-state index in [1.165, 1.54) is 0 Å². The standard InChI is InChI=1S/C11H15BrO3.C11H13BrO3.B.Na.H/c2*1-7(2)15-11-4-8(6-13)9(12)5-10(11)14-3;;;/h4-5,7,13H,6H2,1-3H3;4-7H,1-3H3;;;/q;;;+1;-1. The number of carbonyl (C=O) groups excluding carboxylic acids is 1. The summed E-state index contributed by atoms with van der Waals surface area (Å²) in [6.07, 6.45) is 0.891. The molecule has 0 spiro atoms. The molecule has 0 atom stereocenters. The quantitative estimate of drug-likeness (QED) is 0.381. The second-order valence-corrected chi connectivity index (χ2v) is 8.44. The van der Waals surface area contributed by atoms with Crippen LogP contribution in [-0.2, 0) is 6.61 Å². The van der Waals surface area contributed by atoms with Gasteiger partial charge in [-0.2, -0.15) is 0 Å². The van der Waals surface area contributed by atoms with Gasteiger partial charge in [0, 0.05) is 22.9 Å². The summed E-state index contributed by atoms with van der Waals surface area (Å²) in [7, 11) is 3.16. The molecule has 0 saturated carbocycles. The molecule has 10 heteroatoms. The van der Waals surface area contributed by atoms with Crippen molar-refractivity contribution in [3.63, 3.8) is 0 Å². The number of aliphatic hydroxyl groups excluding tert-OH is 1. The zero-order valence-corrected chi connectivity index (χ0v) is 24.7. The van der Waals surface area contributed by atoms with Crippen LogP contribution in [0.1, 0.15) is 45.0 Å². The first-order chi connectivity index (χ1) is 14.2. The maximum Gasteiger partial charge on any atom is 1.00 e. The number of hydrogen-bond acceptors (Lipinski definition) is 6. The van der Waals surface area contributed by atoms with Crippen molar-refractivity contribution < 1.29 is 59.8 Å². The van der Waals surface area contributed by atoms with Crippen molar-refractivity contribution in [3.8, 4) is 23.0 Å². The molecular formula is C22H29BBr2NaO6. The second-order valence-electron chi connectivity index (χ2n) is 6.73. The van der Waals surface area contributed by atoms with E-state index in [-0.39, 0.29) is 58.2 Å². The van der Waals surface area contributed by atoms with Gasteiger partial charge in [-0.1, -0.05) is 15.9 Å². The van der Waals surface area contributed by atoms with Crippen LogP contribution in [0.15, 0.2) is 33.2 Å². The molecule has 0 amide bonds. The van der Waals surface area contributed by atoms with E-state index in [0.717, 1.165) is 16.3 Å². The maximum absolute atomic E-state index is 10.7. The van der Waals surface area contributed by atoms with E-state index in [1.54, 1.807) is 38.5 Å². The third kappa shape index (κ3) is 10.5. The Kier molecular flexibility index (Phi) is 17.6. The summed E-state index contributed by atoms with van der Waals surface area (Å²) in [6, 6.07) is 6.96. The van der Waals surface area contributed by atoms with Crippen molar-refractivity contribution in [1.82, 2.24) is 0 Å². The van der Waals surface area contributed by atoms with Crippen LogP contribution in [-0.4, -0.2) is 46.2 Å². The third-order valence-electron chi connectivity index (χ3n) is 3.64. The SMILES string of the molecule is COc1cc(Br)c(C=O)cc1OC(C)C.COc1cc(Br)c(CO)cc1OC(C)C.[B].[H-].[Na+]. The van der Waals surface area contributed by atoms with Crippen molar-refractivity contribution in [2.24, 2.45) is 0 Å². The fraction of sp³-hybridized carbons (Fsp3) is 0.409. The summed E-state index contributed by atoms with van der Waals surface area (Å²) in [4.78, 5) is 10.7. The van der Waals surface area contributed by atoms with Gasteiger partial charge in [-0.3, -0.25) is 4.79 Å². The molecule has 0 saturated heterocycles. The van der Waals surface area contributed by atoms with Crippen LogP contribution in [0.5, 0.6) is 23.0 Å². The van der Waals surface area contributed by atoms with Crippen molar-refractivity contribution in [3.05, 3.63) is 44.3 Å². The molecule has 0 bridgehead atoms. The van der Waals surface area contributed by atoms with Gasteiger partial charge in [-0.05, 0) is 73.5 Å². The molecule has 0 aliphatic heterocycles. The Labute approximate surface area is 233 Å². The van der Waals surface area contributed by atoms with Gasteiger partial charge in [-0.15, -0.1) is 0 Å². The largest absolute Gasteiger partial charge is 1.00 e. The Morgan fingerprint density at radius 3 is 1.69 bits per heavy atom. The molecule has 2 rings (SSSR count). The molecule has 6 nitrogen and oxygen atoms in total. The van der Waals surface area contributed by atoms with Gasteiger partial charge in [0.2, 0.25) is 0 Å². The van der Waals surface area contributed by atoms with Crippen LogP contribution >= 0.6 is 31.9 Å². The van der Waals surface area contributed by atoms with Crippen LogP contribution < -0.4 is 48.5 Å². The molecule has 0 aliphatic carbocycles. The van der Waals surface area contributed by atoms with E-state index in [2.05, 4.69) is 31.9 Å². The van der Waals surface area contributed by atoms with Gasteiger partial charge in [0.05, 0.1) is 33.0 Å². The molecular weight excluding hydrogens is 554 g/mol. The molecule has 2 aromatic rings. The number of aliphatic hydroxyl groups is 1. The number of benzene rings is 2. The number of carbonyl (C=O) groups is 1. The molecule has 1 N–H and O–H groups in total. The van der Waals surface area contributed by atoms with Crippen LogP contribution in [0, 0.1) is 0 Å². The number of rotatable bonds is 8. The summed E-state index contributed by atoms with van der Waals surface area (Å²) < 4.78 is 23.0. The third-order valence-corrected chi connectivity index (χ3v) is 5.06. The minimum absolute atomic E-state index is 0. The summed E-state index contributed by atoms with van der Waals surface area (Å²) in [5.74, 6) is 2.51. The van der Waals surface area contributed by atoms with Crippen molar-refractivity contribution in [2.45, 2.75) is 46.5 Å². The molecule has 3 radical (unpaired) electrons. The Bertz CT molecular complexity index is 856. The van der Waals surface area contributed by atoms with Crippen LogP contribution in [0.25, 0.3) is 0 Å². The summed E-state index contributed by atoms with van der Waals surface area (Å²) in [6.45, 7) is 7.70. The smallest absolute Gasteiger partial charge is 1.00 e. The second kappa shape index (κ2) is 16.8. The van der Waals surface area contributed by atoms with Gasteiger partial charge in [-0.25, -0.2) is 0 Å². The minimum Gasteiger partial charge on any atom is -1.00 e. The summed E-state index contributed by atoms with van der Waals surface area (Å²) in [5.41, 5.74) is 1.33. The summed E-state index contributed by atoms with van der Waals surface area (Å²) >= 11 is 6.63. The molecule has 2 aromatic carbocycles. The first-order valence-corrected chi connectivity index (χ1v) is 10.9. The zero-order chi connectivity index (χ0) is 22.8. The van der Waals surface area contributed by atoms with Gasteiger partial charge in [0.1, 0.15) is 0 Å². The Hall–Kier alpha value is -0.705. The van der Waals surface area contributed by atoms with Gasteiger partial charge < -0.3 is 25.5 Å². The minimum atomic E-state index is -0.0287. The Balaban J connectivity index is -0.000000500. The average molecular weight is 583 g/mol. The molecule has 0 fully saturated rings. The van der Waals surface area contributed by atoms with Crippen LogP contribution in [0.3, 0.4) is 0 Å². The normalized spacial score (nSPS) is 9.72. The molecule has 0 unspecified atom stereocenters. The number of hydrogen-bond donors (Lipinski definition) is 1. The molecule has 0 aromatic heterocycles. The summed E-state index contributed by atoms with van der Waals surface area (Å²) in [5, 5.41) is 9.11. The first-order valence-electron chi connectivity index (χ1n) is 9.30. The molecule has 0 aliphatic rings. The fourth-order valence-electron chi connectivity index (χ4n) is 2.35. The average Bonchev–Trinajstić information content (AvgIpc) is 2.69. The molecule has 171 valence electrons. The predicted octanol–water partition coefficient (Wildman–Crippen LogP) is 2.53. The zero-order valence-electron chi connectivity index (χ0n) is 20.6. The van der Waals surface area contributed by atoms with Crippen molar-refractivity contribution in [2.75, 3.05) is 14.2 Å². The molecule has 0 heterocycles. The Morgan fingerprint density at radius 2 is 1.31 bits per heavy atom. The van der Waals surface area contributed by atoms with Crippen molar-refractivity contribution in [1.29, 1.82) is 0 Å². The van der Waals surface area contributed by atoms with E-state index in [0.29, 0.717) is 33.0 Å². The number of methoxy groups -OCH3 is 2. The number of aldehydes is 1. The van der Waals surface area contributed by atoms with Crippen LogP contribution in [0.2, 0.25) is 0 Å². The number of ether oxygens (including phenoxy) is 4. The monoisotopic (exact) mass is 581 g/mol. The predicted molar refractivity (Wildman–Crippen MR) is 131 cm³/mol. The maximum atomic E-state index is 10.7. The van der Waals surface area contributed by atoms with E-state index in [4.69, 9.17) is 24.1 Å². The van der Waals surface area contributed by atoms with E-state index >= 15 is 0 Å². The topological polar surface area (TPSA) is 74.2 Å². The first kappa shape index (κ1) is 33.5. The van der Waals surface area contributed by atoms with Crippen LogP contribution in [0.4, 0.5) is 0 Å². The van der Waals surface area contributed by atoms with Gasteiger partial charge >= 0.3 is 29.6 Å². The van der Waals surface area contributed by atoms with E-state index in [1.807, 2.05) is 27.7 Å².